The van der Waals surface area contributed by atoms with Crippen LogP contribution in [0.5, 0.6) is 5.75 Å². The van der Waals surface area contributed by atoms with E-state index in [0.29, 0.717) is 11.3 Å². The second-order valence-corrected chi connectivity index (χ2v) is 3.76. The van der Waals surface area contributed by atoms with Crippen LogP contribution in [0.1, 0.15) is 10.4 Å². The van der Waals surface area contributed by atoms with Crippen molar-refractivity contribution < 1.29 is 9.53 Å². The number of aromatic amines is 1. The van der Waals surface area contributed by atoms with Gasteiger partial charge < -0.3 is 15.4 Å². The Morgan fingerprint density at radius 3 is 2.89 bits per heavy atom. The summed E-state index contributed by atoms with van der Waals surface area (Å²) in [6.45, 7) is 0. The average molecular weight is 246 g/mol. The molecule has 1 amide bonds. The third kappa shape index (κ3) is 2.13. The predicted molar refractivity (Wildman–Crippen MR) is 68.7 cm³/mol. The fourth-order valence-electron chi connectivity index (χ4n) is 1.58. The number of amides is 1. The molecule has 0 atom stereocenters. The fourth-order valence-corrected chi connectivity index (χ4v) is 1.58. The van der Waals surface area contributed by atoms with Crippen LogP contribution in [0.2, 0.25) is 0 Å². The topological polar surface area (TPSA) is 84.2 Å². The van der Waals surface area contributed by atoms with Crippen LogP contribution < -0.4 is 15.4 Å². The standard InChI is InChI=1S/C12H14N4O2/c1-16(8-4-3-5-9(6-8)18-2)12(17)10-7-14-15-11(10)13/h3-7H,1-2H3,(H3,13,14,15). The van der Waals surface area contributed by atoms with Crippen LogP contribution in [0.15, 0.2) is 30.5 Å². The van der Waals surface area contributed by atoms with E-state index in [0.717, 1.165) is 5.69 Å². The SMILES string of the molecule is COc1cccc(N(C)C(=O)c2cn[nH]c2N)c1. The van der Waals surface area contributed by atoms with Gasteiger partial charge in [-0.3, -0.25) is 9.89 Å². The Bertz CT molecular complexity index is 565. The van der Waals surface area contributed by atoms with Crippen LogP contribution in [0.3, 0.4) is 0 Å². The summed E-state index contributed by atoms with van der Waals surface area (Å²) in [4.78, 5) is 13.7. The number of nitrogens with two attached hydrogens (primary N) is 1. The molecule has 0 unspecified atom stereocenters. The summed E-state index contributed by atoms with van der Waals surface area (Å²) in [5.74, 6) is 0.719. The molecule has 3 N–H and O–H groups in total. The smallest absolute Gasteiger partial charge is 0.263 e. The molecule has 0 aliphatic rings. The molecule has 2 rings (SSSR count). The van der Waals surface area contributed by atoms with Crippen molar-refractivity contribution in [3.63, 3.8) is 0 Å². The van der Waals surface area contributed by atoms with Crippen molar-refractivity contribution in [2.24, 2.45) is 0 Å². The second-order valence-electron chi connectivity index (χ2n) is 3.76. The molecule has 1 aromatic heterocycles. The number of carbonyl (C=O) groups is 1. The van der Waals surface area contributed by atoms with E-state index in [1.165, 1.54) is 11.1 Å². The number of benzene rings is 1. The number of rotatable bonds is 3. The zero-order chi connectivity index (χ0) is 13.1. The molecule has 0 aliphatic heterocycles. The summed E-state index contributed by atoms with van der Waals surface area (Å²) >= 11 is 0. The number of nitrogens with zero attached hydrogens (tertiary/aromatic N) is 2. The first-order chi connectivity index (χ1) is 8.63. The number of carbonyl (C=O) groups excluding carboxylic acids is 1. The molecular formula is C12H14N4O2. The van der Waals surface area contributed by atoms with E-state index in [-0.39, 0.29) is 11.7 Å². The van der Waals surface area contributed by atoms with E-state index in [9.17, 15) is 4.79 Å². The molecular weight excluding hydrogens is 232 g/mol. The third-order valence-electron chi connectivity index (χ3n) is 2.64. The van der Waals surface area contributed by atoms with Gasteiger partial charge in [-0.15, -0.1) is 0 Å². The normalized spacial score (nSPS) is 10.1. The van der Waals surface area contributed by atoms with Gasteiger partial charge in [0.1, 0.15) is 17.1 Å². The summed E-state index contributed by atoms with van der Waals surface area (Å²) in [6, 6.07) is 7.22. The minimum atomic E-state index is -0.227. The van der Waals surface area contributed by atoms with E-state index < -0.39 is 0 Å². The number of hydrogen-bond acceptors (Lipinski definition) is 4. The zero-order valence-electron chi connectivity index (χ0n) is 10.2. The number of nitrogen functional groups attached to an aromatic ring is 1. The van der Waals surface area contributed by atoms with Gasteiger partial charge >= 0.3 is 0 Å². The lowest BCUT2D eigenvalue weighted by Gasteiger charge is -2.17. The van der Waals surface area contributed by atoms with Crippen LogP contribution in [0, 0.1) is 0 Å². The lowest BCUT2D eigenvalue weighted by atomic mass is 10.2. The number of ether oxygens (including phenoxy) is 1. The molecule has 6 heteroatoms. The average Bonchev–Trinajstić information content (AvgIpc) is 2.83. The molecule has 18 heavy (non-hydrogen) atoms. The van der Waals surface area contributed by atoms with Crippen molar-refractivity contribution in [3.05, 3.63) is 36.0 Å². The largest absolute Gasteiger partial charge is 0.497 e. The lowest BCUT2D eigenvalue weighted by molar-refractivity contribution is 0.0994. The highest BCUT2D eigenvalue weighted by molar-refractivity contribution is 6.08. The van der Waals surface area contributed by atoms with Gasteiger partial charge in [-0.2, -0.15) is 5.10 Å². The van der Waals surface area contributed by atoms with Crippen LogP contribution in [-0.4, -0.2) is 30.3 Å². The molecule has 1 aromatic carbocycles. The Labute approximate surface area is 104 Å². The van der Waals surface area contributed by atoms with Crippen molar-refractivity contribution in [3.8, 4) is 5.75 Å². The van der Waals surface area contributed by atoms with E-state index in [1.807, 2.05) is 18.2 Å². The van der Waals surface area contributed by atoms with Gasteiger partial charge in [-0.05, 0) is 12.1 Å². The van der Waals surface area contributed by atoms with E-state index >= 15 is 0 Å². The predicted octanol–water partition coefficient (Wildman–Crippen LogP) is 1.28. The van der Waals surface area contributed by atoms with Crippen molar-refractivity contribution in [1.82, 2.24) is 10.2 Å². The first-order valence-corrected chi connectivity index (χ1v) is 5.34. The summed E-state index contributed by atoms with van der Waals surface area (Å²) < 4.78 is 5.12. The maximum Gasteiger partial charge on any atom is 0.263 e. The Morgan fingerprint density at radius 2 is 2.28 bits per heavy atom. The Kier molecular flexibility index (Phi) is 3.18. The highest BCUT2D eigenvalue weighted by atomic mass is 16.5. The van der Waals surface area contributed by atoms with Gasteiger partial charge in [0, 0.05) is 18.8 Å². The van der Waals surface area contributed by atoms with Crippen LogP contribution in [-0.2, 0) is 0 Å². The Hall–Kier alpha value is -2.50. The molecule has 0 aliphatic carbocycles. The number of methoxy groups -OCH3 is 1. The monoisotopic (exact) mass is 246 g/mol. The van der Waals surface area contributed by atoms with Crippen LogP contribution in [0.4, 0.5) is 11.5 Å². The van der Waals surface area contributed by atoms with E-state index in [1.54, 1.807) is 20.2 Å². The fraction of sp³-hybridized carbons (Fsp3) is 0.167. The molecule has 0 radical (unpaired) electrons. The number of nitrogens with one attached hydrogen (secondary N) is 1. The molecule has 0 spiro atoms. The summed E-state index contributed by atoms with van der Waals surface area (Å²) in [5.41, 5.74) is 6.69. The van der Waals surface area contributed by atoms with Gasteiger partial charge in [0.05, 0.1) is 13.3 Å². The maximum atomic E-state index is 12.2. The maximum absolute atomic E-state index is 12.2. The number of hydrogen-bond donors (Lipinski definition) is 2. The third-order valence-corrected chi connectivity index (χ3v) is 2.64. The lowest BCUT2D eigenvalue weighted by Crippen LogP contribution is -2.26. The molecule has 0 saturated carbocycles. The summed E-state index contributed by atoms with van der Waals surface area (Å²) in [6.07, 6.45) is 1.41. The van der Waals surface area contributed by atoms with Crippen LogP contribution >= 0.6 is 0 Å². The molecule has 0 fully saturated rings. The molecule has 1 heterocycles. The van der Waals surface area contributed by atoms with E-state index in [2.05, 4.69) is 10.2 Å². The molecule has 2 aromatic rings. The highest BCUT2D eigenvalue weighted by Gasteiger charge is 2.17. The van der Waals surface area contributed by atoms with Crippen molar-refractivity contribution in [2.75, 3.05) is 24.8 Å². The van der Waals surface area contributed by atoms with Crippen molar-refractivity contribution in [2.45, 2.75) is 0 Å². The highest BCUT2D eigenvalue weighted by Crippen LogP contribution is 2.22. The summed E-state index contributed by atoms with van der Waals surface area (Å²) in [7, 11) is 3.25. The molecule has 0 saturated heterocycles. The second kappa shape index (κ2) is 4.79. The van der Waals surface area contributed by atoms with Crippen molar-refractivity contribution >= 4 is 17.4 Å². The van der Waals surface area contributed by atoms with Crippen molar-refractivity contribution in [1.29, 1.82) is 0 Å². The summed E-state index contributed by atoms with van der Waals surface area (Å²) in [5, 5.41) is 6.26. The number of H-pyrrole nitrogens is 1. The van der Waals surface area contributed by atoms with E-state index in [4.69, 9.17) is 10.5 Å². The number of aromatic nitrogens is 2. The van der Waals surface area contributed by atoms with Gasteiger partial charge in [0.25, 0.3) is 5.91 Å². The minimum Gasteiger partial charge on any atom is -0.497 e. The Balaban J connectivity index is 2.28. The van der Waals surface area contributed by atoms with Gasteiger partial charge in [-0.25, -0.2) is 0 Å². The molecule has 0 bridgehead atoms. The van der Waals surface area contributed by atoms with Gasteiger partial charge in [0.2, 0.25) is 0 Å². The zero-order valence-corrected chi connectivity index (χ0v) is 10.2. The van der Waals surface area contributed by atoms with Crippen LogP contribution in [0.25, 0.3) is 0 Å². The van der Waals surface area contributed by atoms with Gasteiger partial charge in [-0.1, -0.05) is 6.07 Å². The molecule has 94 valence electrons. The first kappa shape index (κ1) is 12.0. The molecule has 6 nitrogen and oxygen atoms in total. The first-order valence-electron chi connectivity index (χ1n) is 5.34. The van der Waals surface area contributed by atoms with Gasteiger partial charge in [0.15, 0.2) is 0 Å². The number of anilines is 2. The quantitative estimate of drug-likeness (QED) is 0.854. The Morgan fingerprint density at radius 1 is 1.50 bits per heavy atom. The minimum absolute atomic E-state index is 0.227.